The molecule has 0 saturated carbocycles. The molecule has 2 N–H and O–H groups in total. The van der Waals surface area contributed by atoms with Gasteiger partial charge in [-0.25, -0.2) is 4.79 Å². The molecule has 0 fully saturated rings. The van der Waals surface area contributed by atoms with E-state index in [2.05, 4.69) is 10.3 Å². The van der Waals surface area contributed by atoms with Crippen LogP contribution in [0.4, 0.5) is 10.5 Å². The largest absolute Gasteiger partial charge is 0.465 e. The van der Waals surface area contributed by atoms with Gasteiger partial charge in [-0.05, 0) is 18.6 Å². The van der Waals surface area contributed by atoms with Gasteiger partial charge in [-0.1, -0.05) is 0 Å². The van der Waals surface area contributed by atoms with E-state index in [-0.39, 0.29) is 0 Å². The third-order valence-corrected chi connectivity index (χ3v) is 1.13. The van der Waals surface area contributed by atoms with Crippen molar-refractivity contribution in [2.45, 2.75) is 6.92 Å². The summed E-state index contributed by atoms with van der Waals surface area (Å²) in [4.78, 5) is 14.0. The van der Waals surface area contributed by atoms with Gasteiger partial charge in [-0.15, -0.1) is 0 Å². The van der Waals surface area contributed by atoms with E-state index in [0.29, 0.717) is 5.69 Å². The lowest BCUT2D eigenvalue weighted by Gasteiger charge is -1.99. The molecule has 0 atom stereocenters. The van der Waals surface area contributed by atoms with Crippen LogP contribution in [0.3, 0.4) is 0 Å². The Morgan fingerprint density at radius 2 is 2.36 bits per heavy atom. The van der Waals surface area contributed by atoms with E-state index in [1.54, 1.807) is 12.3 Å². The van der Waals surface area contributed by atoms with Gasteiger partial charge in [-0.2, -0.15) is 0 Å². The summed E-state index contributed by atoms with van der Waals surface area (Å²) < 4.78 is 0. The van der Waals surface area contributed by atoms with Gasteiger partial charge >= 0.3 is 6.09 Å². The quantitative estimate of drug-likeness (QED) is 0.640. The summed E-state index contributed by atoms with van der Waals surface area (Å²) in [6.45, 7) is 1.85. The molecule has 4 heteroatoms. The first-order valence-electron chi connectivity index (χ1n) is 3.10. The summed E-state index contributed by atoms with van der Waals surface area (Å²) in [6, 6.07) is 1.71. The van der Waals surface area contributed by atoms with Crippen LogP contribution in [0.1, 0.15) is 5.56 Å². The maximum atomic E-state index is 10.1. The van der Waals surface area contributed by atoms with Crippen molar-refractivity contribution in [3.8, 4) is 0 Å². The summed E-state index contributed by atoms with van der Waals surface area (Å²) in [5.41, 5.74) is 1.42. The summed E-state index contributed by atoms with van der Waals surface area (Å²) in [5, 5.41) is 10.5. The number of nitrogens with one attached hydrogen (secondary N) is 1. The van der Waals surface area contributed by atoms with Crippen molar-refractivity contribution < 1.29 is 9.90 Å². The predicted molar refractivity (Wildman–Crippen MR) is 40.6 cm³/mol. The van der Waals surface area contributed by atoms with Crippen molar-refractivity contribution in [3.63, 3.8) is 0 Å². The number of nitrogens with zero attached hydrogens (tertiary/aromatic N) is 1. The first-order valence-corrected chi connectivity index (χ1v) is 3.10. The third kappa shape index (κ3) is 2.25. The highest BCUT2D eigenvalue weighted by atomic mass is 16.4. The minimum Gasteiger partial charge on any atom is -0.465 e. The molecule has 0 bridgehead atoms. The van der Waals surface area contributed by atoms with Gasteiger partial charge < -0.3 is 5.11 Å². The number of aryl methyl sites for hydroxylation is 1. The zero-order valence-corrected chi connectivity index (χ0v) is 6.03. The lowest BCUT2D eigenvalue weighted by Crippen LogP contribution is -2.07. The Balaban J connectivity index is 2.79. The average molecular weight is 152 g/mol. The smallest absolute Gasteiger partial charge is 0.409 e. The molecule has 0 aliphatic rings. The minimum atomic E-state index is -1.07. The standard InChI is InChI=1S/C7H8N2O2/c1-5-2-6(4-8-3-5)9-7(10)11/h2-4,9H,1H3,(H,10,11). The first-order chi connectivity index (χ1) is 5.18. The van der Waals surface area contributed by atoms with Crippen molar-refractivity contribution in [1.29, 1.82) is 0 Å². The van der Waals surface area contributed by atoms with Crippen LogP contribution in [0.2, 0.25) is 0 Å². The Bertz CT molecular complexity index is 273. The van der Waals surface area contributed by atoms with Gasteiger partial charge in [0.15, 0.2) is 0 Å². The molecule has 0 aliphatic heterocycles. The predicted octanol–water partition coefficient (Wildman–Crippen LogP) is 1.48. The Labute approximate surface area is 63.9 Å². The van der Waals surface area contributed by atoms with Crippen LogP contribution in [0, 0.1) is 6.92 Å². The fraction of sp³-hybridized carbons (Fsp3) is 0.143. The normalized spacial score (nSPS) is 9.18. The van der Waals surface area contributed by atoms with E-state index in [9.17, 15) is 4.79 Å². The second-order valence-corrected chi connectivity index (χ2v) is 2.18. The molecule has 1 aromatic heterocycles. The Hall–Kier alpha value is -1.58. The summed E-state index contributed by atoms with van der Waals surface area (Å²) in [5.74, 6) is 0. The van der Waals surface area contributed by atoms with Crippen molar-refractivity contribution >= 4 is 11.8 Å². The third-order valence-electron chi connectivity index (χ3n) is 1.13. The molecule has 4 nitrogen and oxygen atoms in total. The lowest BCUT2D eigenvalue weighted by molar-refractivity contribution is 0.209. The first kappa shape index (κ1) is 7.53. The number of rotatable bonds is 1. The molecule has 58 valence electrons. The maximum absolute atomic E-state index is 10.1. The van der Waals surface area contributed by atoms with Gasteiger partial charge in [0.1, 0.15) is 0 Å². The monoisotopic (exact) mass is 152 g/mol. The number of pyridine rings is 1. The molecular weight excluding hydrogens is 144 g/mol. The van der Waals surface area contributed by atoms with Gasteiger partial charge in [0.25, 0.3) is 0 Å². The summed E-state index contributed by atoms with van der Waals surface area (Å²) >= 11 is 0. The zero-order valence-electron chi connectivity index (χ0n) is 6.03. The fourth-order valence-corrected chi connectivity index (χ4v) is 0.747. The van der Waals surface area contributed by atoms with Crippen LogP contribution in [0.5, 0.6) is 0 Å². The Kier molecular flexibility index (Phi) is 2.06. The highest BCUT2D eigenvalue weighted by Crippen LogP contribution is 2.06. The Morgan fingerprint density at radius 1 is 1.64 bits per heavy atom. The van der Waals surface area contributed by atoms with E-state index in [1.807, 2.05) is 6.92 Å². The highest BCUT2D eigenvalue weighted by molar-refractivity contribution is 5.82. The lowest BCUT2D eigenvalue weighted by atomic mass is 10.3. The van der Waals surface area contributed by atoms with Gasteiger partial charge in [0, 0.05) is 6.20 Å². The van der Waals surface area contributed by atoms with Gasteiger partial charge in [0.2, 0.25) is 0 Å². The van der Waals surface area contributed by atoms with Crippen LogP contribution in [-0.2, 0) is 0 Å². The summed E-state index contributed by atoms with van der Waals surface area (Å²) in [6.07, 6.45) is 2.05. The number of carbonyl (C=O) groups is 1. The maximum Gasteiger partial charge on any atom is 0.409 e. The topological polar surface area (TPSA) is 62.2 Å². The SMILES string of the molecule is Cc1cncc(NC(=O)O)c1. The van der Waals surface area contributed by atoms with Gasteiger partial charge in [-0.3, -0.25) is 10.3 Å². The zero-order chi connectivity index (χ0) is 8.27. The molecule has 0 aromatic carbocycles. The van der Waals surface area contributed by atoms with Crippen molar-refractivity contribution in [1.82, 2.24) is 4.98 Å². The van der Waals surface area contributed by atoms with E-state index >= 15 is 0 Å². The molecule has 11 heavy (non-hydrogen) atoms. The molecule has 1 amide bonds. The van der Waals surface area contributed by atoms with E-state index in [1.165, 1.54) is 6.20 Å². The molecule has 0 aliphatic carbocycles. The second-order valence-electron chi connectivity index (χ2n) is 2.18. The van der Waals surface area contributed by atoms with E-state index < -0.39 is 6.09 Å². The second kappa shape index (κ2) is 3.01. The number of anilines is 1. The fourth-order valence-electron chi connectivity index (χ4n) is 0.747. The van der Waals surface area contributed by atoms with Crippen LogP contribution >= 0.6 is 0 Å². The number of hydrogen-bond donors (Lipinski definition) is 2. The van der Waals surface area contributed by atoms with Gasteiger partial charge in [0.05, 0.1) is 11.9 Å². The number of hydrogen-bond acceptors (Lipinski definition) is 2. The van der Waals surface area contributed by atoms with Crippen molar-refractivity contribution in [2.75, 3.05) is 5.32 Å². The number of aromatic nitrogens is 1. The molecule has 0 unspecified atom stereocenters. The molecule has 1 rings (SSSR count). The van der Waals surface area contributed by atoms with E-state index in [4.69, 9.17) is 5.11 Å². The van der Waals surface area contributed by atoms with Crippen LogP contribution in [0.25, 0.3) is 0 Å². The summed E-state index contributed by atoms with van der Waals surface area (Å²) in [7, 11) is 0. The highest BCUT2D eigenvalue weighted by Gasteiger charge is 1.96. The van der Waals surface area contributed by atoms with Crippen LogP contribution in [-0.4, -0.2) is 16.2 Å². The molecule has 0 spiro atoms. The number of carboxylic acid groups (broad SMARTS) is 1. The van der Waals surface area contributed by atoms with Crippen LogP contribution in [0.15, 0.2) is 18.5 Å². The van der Waals surface area contributed by atoms with E-state index in [0.717, 1.165) is 5.56 Å². The molecule has 1 heterocycles. The Morgan fingerprint density at radius 3 is 2.91 bits per heavy atom. The number of amides is 1. The molecule has 0 saturated heterocycles. The minimum absolute atomic E-state index is 0.498. The average Bonchev–Trinajstić information content (AvgIpc) is 1.85. The van der Waals surface area contributed by atoms with Crippen LogP contribution < -0.4 is 5.32 Å². The van der Waals surface area contributed by atoms with Crippen molar-refractivity contribution in [2.24, 2.45) is 0 Å². The van der Waals surface area contributed by atoms with Crippen molar-refractivity contribution in [3.05, 3.63) is 24.0 Å². The molecular formula is C7H8N2O2. The molecule has 1 aromatic rings. The molecule has 0 radical (unpaired) electrons.